The fourth-order valence-corrected chi connectivity index (χ4v) is 7.55. The van der Waals surface area contributed by atoms with Gasteiger partial charge in [-0.3, -0.25) is 0 Å². The van der Waals surface area contributed by atoms with E-state index in [9.17, 15) is 27.4 Å². The van der Waals surface area contributed by atoms with E-state index in [1.165, 1.54) is 0 Å². The zero-order chi connectivity index (χ0) is 20.5. The van der Waals surface area contributed by atoms with Gasteiger partial charge in [-0.25, -0.2) is 27.4 Å². The van der Waals surface area contributed by atoms with Crippen LogP contribution in [0.25, 0.3) is 0 Å². The fourth-order valence-electron chi connectivity index (χ4n) is 0.720. The van der Waals surface area contributed by atoms with E-state index in [-0.39, 0.29) is 31.0 Å². The molecule has 0 saturated carbocycles. The molecule has 4 unspecified atom stereocenters. The normalized spacial score (nSPS) is 22.2. The van der Waals surface area contributed by atoms with Gasteiger partial charge in [0.25, 0.3) is 0 Å². The molecule has 0 aliphatic heterocycles. The van der Waals surface area contributed by atoms with E-state index >= 15 is 0 Å². The van der Waals surface area contributed by atoms with Crippen LogP contribution in [0.4, 0.5) is 0 Å². The van der Waals surface area contributed by atoms with Crippen LogP contribution in [0.2, 0.25) is 0 Å². The summed E-state index contributed by atoms with van der Waals surface area (Å²) in [5, 5.41) is 0. The van der Waals surface area contributed by atoms with Crippen LogP contribution in [0, 0.1) is 0 Å². The predicted molar refractivity (Wildman–Crippen MR) is 69.9 cm³/mol. The summed E-state index contributed by atoms with van der Waals surface area (Å²) in [5.74, 6) is 0. The van der Waals surface area contributed by atoms with Crippen molar-refractivity contribution in [1.82, 2.24) is 0 Å². The minimum absolute atomic E-state index is 0. The molecule has 0 bridgehead atoms. The molecular weight excluding hydrogens is 513 g/mol. The number of hydrogen-bond donors (Lipinski definition) is 8. The van der Waals surface area contributed by atoms with Gasteiger partial charge in [-0.1, -0.05) is 0 Å². The third kappa shape index (κ3) is 15.7. The van der Waals surface area contributed by atoms with Crippen LogP contribution in [-0.2, 0) is 48.9 Å². The topological polar surface area (TPSA) is 310 Å². The van der Waals surface area contributed by atoms with E-state index < -0.39 is 46.9 Å². The molecule has 26 heteroatoms. The van der Waals surface area contributed by atoms with Gasteiger partial charge >= 0.3 is 76.5 Å². The van der Waals surface area contributed by atoms with E-state index in [4.69, 9.17) is 39.1 Å². The van der Waals surface area contributed by atoms with E-state index in [0.29, 0.717) is 0 Å². The molecule has 0 amide bonds. The third-order valence-electron chi connectivity index (χ3n) is 1.04. The van der Waals surface area contributed by atoms with E-state index in [1.807, 2.05) is 0 Å². The Bertz CT molecular complexity index is 703. The summed E-state index contributed by atoms with van der Waals surface area (Å²) >= 11 is 0. The predicted octanol–water partition coefficient (Wildman–Crippen LogP) is -3.23. The first kappa shape index (κ1) is 30.1. The molecule has 0 aliphatic carbocycles. The monoisotopic (exact) mass is 522 g/mol. The summed E-state index contributed by atoms with van der Waals surface area (Å²) in [6, 6.07) is 0. The zero-order valence-corrected chi connectivity index (χ0v) is 19.1. The molecule has 0 spiro atoms. The number of rotatable bonds is 10. The van der Waals surface area contributed by atoms with Gasteiger partial charge in [0.15, 0.2) is 0 Å². The van der Waals surface area contributed by atoms with Crippen molar-refractivity contribution in [1.29, 1.82) is 0 Å². The molecule has 26 heavy (non-hydrogen) atoms. The first-order valence-electron chi connectivity index (χ1n) is 4.52. The van der Waals surface area contributed by atoms with Crippen molar-refractivity contribution in [3.8, 4) is 0 Å². The van der Waals surface area contributed by atoms with Gasteiger partial charge in [0.1, 0.15) is 0 Å². The standard InChI is InChI=1S/Na.H8O19P6.H/c;1-20(2,3)15-22(7,8)17-24(11,12)19-25(13,14)18-23(9,10)16-21(4,5)6;/h;(H,7,8)(H,9,10)(H,11,12)(H,13,14)(H2,1,2,3)(H2,4,5,6);/q+1;;-1. The summed E-state index contributed by atoms with van der Waals surface area (Å²) in [6.07, 6.45) is 0. The van der Waals surface area contributed by atoms with Crippen LogP contribution >= 0.6 is 46.9 Å². The van der Waals surface area contributed by atoms with Gasteiger partial charge in [-0.2, -0.15) is 21.6 Å². The molecule has 0 radical (unpaired) electrons. The Labute approximate surface area is 165 Å². The van der Waals surface area contributed by atoms with Gasteiger partial charge in [-0.05, 0) is 0 Å². The summed E-state index contributed by atoms with van der Waals surface area (Å²) in [5.41, 5.74) is 0. The van der Waals surface area contributed by atoms with Crippen molar-refractivity contribution in [2.45, 2.75) is 0 Å². The Morgan fingerprint density at radius 1 is 0.423 bits per heavy atom. The molecule has 0 aliphatic rings. The van der Waals surface area contributed by atoms with E-state index in [1.54, 1.807) is 0 Å². The summed E-state index contributed by atoms with van der Waals surface area (Å²) in [6.45, 7) is 0. The van der Waals surface area contributed by atoms with Crippen molar-refractivity contribution in [2.24, 2.45) is 0 Å². The smallest absolute Gasteiger partial charge is 1.00 e. The first-order valence-corrected chi connectivity index (χ1v) is 13.6. The fraction of sp³-hybridized carbons (Fsp3) is 0. The van der Waals surface area contributed by atoms with Crippen LogP contribution in [-0.4, -0.2) is 39.1 Å². The Hall–Kier alpha value is 1.86. The minimum Gasteiger partial charge on any atom is -1.00 e. The van der Waals surface area contributed by atoms with Crippen LogP contribution in [0.1, 0.15) is 1.43 Å². The summed E-state index contributed by atoms with van der Waals surface area (Å²) < 4.78 is 80.4. The maximum absolute atomic E-state index is 11.2. The van der Waals surface area contributed by atoms with Gasteiger partial charge in [0.2, 0.25) is 0 Å². The van der Waals surface area contributed by atoms with Gasteiger partial charge in [0.05, 0.1) is 0 Å². The van der Waals surface area contributed by atoms with Crippen LogP contribution in [0.5, 0.6) is 0 Å². The second kappa shape index (κ2) is 9.78. The summed E-state index contributed by atoms with van der Waals surface area (Å²) in [7, 11) is -36.2. The molecule has 19 nitrogen and oxygen atoms in total. The quantitative estimate of drug-likeness (QED) is 0.103. The average molecular weight is 522 g/mol. The SMILES string of the molecule is O=P(O)(O)OP(=O)(O)OP(=O)(O)OP(=O)(O)OP(=O)(O)OP(=O)(O)O.[H-].[Na+]. The average Bonchev–Trinajstić information content (AvgIpc) is 1.97. The molecule has 0 fully saturated rings. The molecule has 0 aromatic rings. The summed E-state index contributed by atoms with van der Waals surface area (Å²) in [4.78, 5) is 68.1. The van der Waals surface area contributed by atoms with Crippen molar-refractivity contribution in [2.75, 3.05) is 0 Å². The first-order chi connectivity index (χ1) is 10.5. The largest absolute Gasteiger partial charge is 1.00 e. The van der Waals surface area contributed by atoms with Gasteiger partial charge in [-0.15, -0.1) is 0 Å². The second-order valence-electron chi connectivity index (χ2n) is 3.26. The second-order valence-corrected chi connectivity index (χ2v) is 12.2. The molecule has 0 aromatic heterocycles. The maximum Gasteiger partial charge on any atom is 1.00 e. The van der Waals surface area contributed by atoms with E-state index in [0.717, 1.165) is 0 Å². The van der Waals surface area contributed by atoms with Gasteiger partial charge in [0, 0.05) is 0 Å². The molecule has 0 rings (SSSR count). The Morgan fingerprint density at radius 2 is 0.577 bits per heavy atom. The maximum atomic E-state index is 11.2. The van der Waals surface area contributed by atoms with Crippen molar-refractivity contribution in [3.05, 3.63) is 0 Å². The number of phosphoric acid groups is 6. The molecule has 0 saturated heterocycles. The molecular formula is H9NaO19P6. The van der Waals surface area contributed by atoms with Crippen LogP contribution in [0.15, 0.2) is 0 Å². The van der Waals surface area contributed by atoms with Crippen LogP contribution < -0.4 is 29.6 Å². The van der Waals surface area contributed by atoms with Crippen molar-refractivity contribution < 1.29 is 119 Å². The third-order valence-corrected chi connectivity index (χ3v) is 9.34. The van der Waals surface area contributed by atoms with E-state index in [2.05, 4.69) is 21.6 Å². The Kier molecular flexibility index (Phi) is 11.3. The van der Waals surface area contributed by atoms with Crippen molar-refractivity contribution >= 4 is 46.9 Å². The van der Waals surface area contributed by atoms with Gasteiger partial charge < -0.3 is 40.6 Å². The Balaban J connectivity index is -0.00000288. The van der Waals surface area contributed by atoms with Crippen molar-refractivity contribution in [3.63, 3.8) is 0 Å². The zero-order valence-electron chi connectivity index (χ0n) is 12.8. The Morgan fingerprint density at radius 3 is 0.731 bits per heavy atom. The molecule has 4 atom stereocenters. The molecule has 0 heterocycles. The number of hydrogen-bond acceptors (Lipinski definition) is 11. The molecule has 154 valence electrons. The van der Waals surface area contributed by atoms with Crippen LogP contribution in [0.3, 0.4) is 0 Å². The molecule has 8 N–H and O–H groups in total. The molecule has 0 aromatic carbocycles. The minimum atomic E-state index is -6.26.